The number of nitrogens with zero attached hydrogens (tertiary/aromatic N) is 1. The van der Waals surface area contributed by atoms with Crippen molar-refractivity contribution in [3.05, 3.63) is 65.2 Å². The van der Waals surface area contributed by atoms with Gasteiger partial charge in [-0.1, -0.05) is 6.07 Å². The molecular weight excluding hydrogens is 791 g/mol. The fourth-order valence-electron chi connectivity index (χ4n) is 3.78. The Hall–Kier alpha value is -4.52. The van der Waals surface area contributed by atoms with Gasteiger partial charge in [0.2, 0.25) is 0 Å². The Kier molecular flexibility index (Phi) is 12.4. The van der Waals surface area contributed by atoms with Crippen molar-refractivity contribution in [1.29, 1.82) is 0 Å². The maximum Gasteiger partial charge on any atom is 0.460 e. The maximum absolute atomic E-state index is 14.1. The van der Waals surface area contributed by atoms with E-state index in [0.717, 1.165) is 36.5 Å². The molecule has 2 aromatic carbocycles. The summed E-state index contributed by atoms with van der Waals surface area (Å²) >= 11 is 0. The second kappa shape index (κ2) is 14.7. The number of hydrogen-bond acceptors (Lipinski definition) is 5. The Balaban J connectivity index is 2.11. The van der Waals surface area contributed by atoms with Gasteiger partial charge in [-0.2, -0.15) is 88.5 Å². The van der Waals surface area contributed by atoms with E-state index in [1.165, 1.54) is 23.7 Å². The van der Waals surface area contributed by atoms with Crippen molar-refractivity contribution in [2.24, 2.45) is 5.10 Å². The molecule has 0 heterocycles. The van der Waals surface area contributed by atoms with Gasteiger partial charge < -0.3 is 4.74 Å². The van der Waals surface area contributed by atoms with Crippen LogP contribution in [0.5, 0.6) is 5.75 Å². The number of carbonyl (C=O) groups excluding carboxylic acids is 2. The van der Waals surface area contributed by atoms with Gasteiger partial charge >= 0.3 is 53.6 Å². The zero-order valence-corrected chi connectivity index (χ0v) is 25.1. The van der Waals surface area contributed by atoms with Crippen LogP contribution in [-0.2, 0) is 0 Å². The van der Waals surface area contributed by atoms with Gasteiger partial charge in [0, 0.05) is 17.5 Å². The maximum atomic E-state index is 14.1. The van der Waals surface area contributed by atoms with Gasteiger partial charge in [0.15, 0.2) is 0 Å². The topological polar surface area (TPSA) is 100 Å². The third-order valence-corrected chi connectivity index (χ3v) is 6.83. The van der Waals surface area contributed by atoms with Crippen molar-refractivity contribution in [2.75, 3.05) is 6.61 Å². The first-order chi connectivity index (χ1) is 23.8. The number of carbonyl (C=O) groups is 2. The van der Waals surface area contributed by atoms with E-state index >= 15 is 0 Å². The number of rotatable bonds is 16. The number of amides is 2. The van der Waals surface area contributed by atoms with Crippen LogP contribution in [0.2, 0.25) is 0 Å². The van der Waals surface area contributed by atoms with Crippen molar-refractivity contribution >= 4 is 18.0 Å². The van der Waals surface area contributed by atoms with Crippen LogP contribution in [-0.4, -0.2) is 83.4 Å². The molecule has 0 bridgehead atoms. The van der Waals surface area contributed by atoms with E-state index < -0.39 is 84.8 Å². The van der Waals surface area contributed by atoms with E-state index in [-0.39, 0.29) is 22.4 Å². The lowest BCUT2D eigenvalue weighted by Gasteiger charge is -2.43. The molecular formula is C27H18F19N3O4. The monoisotopic (exact) mass is 809 g/mol. The largest absolute Gasteiger partial charge is 0.494 e. The molecule has 0 spiro atoms. The van der Waals surface area contributed by atoms with E-state index in [9.17, 15) is 93.0 Å². The first-order valence-electron chi connectivity index (χ1n) is 13.5. The summed E-state index contributed by atoms with van der Waals surface area (Å²) < 4.78 is 260. The first-order valence-corrected chi connectivity index (χ1v) is 13.5. The number of nitrogens with one attached hydrogen (secondary N) is 2. The number of halogens is 19. The second-order valence-electron chi connectivity index (χ2n) is 10.5. The molecule has 0 aliphatic heterocycles. The highest BCUT2D eigenvalue weighted by atomic mass is 19.4. The molecule has 0 saturated heterocycles. The third-order valence-electron chi connectivity index (χ3n) is 6.83. The Labute approximate surface area is 281 Å². The predicted molar refractivity (Wildman–Crippen MR) is 138 cm³/mol. The number of hydrazone groups is 1. The summed E-state index contributed by atoms with van der Waals surface area (Å²) in [6, 6.07) is 9.23. The zero-order chi connectivity index (χ0) is 41.3. The standard InChI is InChI=1S/C27H18F19N3O4/c28-19(29,20(30,31)21(32,33)22(34,35)23(36,37)24(38,39)25(40,41)26(42,43)27(44,45)46)9-2-10-53-16-7-5-13(6-8-16)12-47-48-17(50)14-3-1-4-15(11-14)18(51)49-52/h1,3-8,11-12,52H,2,9-10H2,(H,48,50)(H,49,51)/b47-12+. The summed E-state index contributed by atoms with van der Waals surface area (Å²) in [5.41, 5.74) is 3.39. The van der Waals surface area contributed by atoms with Crippen LogP contribution in [0.25, 0.3) is 0 Å². The lowest BCUT2D eigenvalue weighted by Crippen LogP contribution is -2.75. The molecule has 0 aliphatic carbocycles. The molecule has 298 valence electrons. The first kappa shape index (κ1) is 44.6. The van der Waals surface area contributed by atoms with Crippen LogP contribution in [0.1, 0.15) is 39.1 Å². The minimum atomic E-state index is -8.97. The number of benzene rings is 2. The Morgan fingerprint density at radius 3 is 1.51 bits per heavy atom. The highest BCUT2D eigenvalue weighted by Gasteiger charge is 2.96. The SMILES string of the molecule is O=C(NO)c1cccc(C(=O)N/N=C/c2ccc(OCCCC(F)(F)C(F)(F)C(F)(F)C(F)(F)C(F)(F)C(F)(F)C(F)(F)C(F)(F)C(F)(F)F)cc2)c1. The molecule has 53 heavy (non-hydrogen) atoms. The Bertz CT molecular complexity index is 1640. The van der Waals surface area contributed by atoms with Gasteiger partial charge in [-0.05, 0) is 54.4 Å². The van der Waals surface area contributed by atoms with Gasteiger partial charge in [-0.25, -0.2) is 10.9 Å². The van der Waals surface area contributed by atoms with E-state index in [2.05, 4.69) is 10.5 Å². The smallest absolute Gasteiger partial charge is 0.460 e. The molecule has 2 aromatic rings. The Morgan fingerprint density at radius 2 is 1.06 bits per heavy atom. The second-order valence-corrected chi connectivity index (χ2v) is 10.5. The lowest BCUT2D eigenvalue weighted by atomic mass is 9.86. The fraction of sp³-hybridized carbons (Fsp3) is 0.444. The van der Waals surface area contributed by atoms with Gasteiger partial charge in [0.1, 0.15) is 5.75 Å². The van der Waals surface area contributed by atoms with Crippen LogP contribution >= 0.6 is 0 Å². The van der Waals surface area contributed by atoms with Crippen molar-refractivity contribution in [2.45, 2.75) is 66.4 Å². The predicted octanol–water partition coefficient (Wildman–Crippen LogP) is 8.37. The Morgan fingerprint density at radius 1 is 0.623 bits per heavy atom. The van der Waals surface area contributed by atoms with Gasteiger partial charge in [0.25, 0.3) is 11.8 Å². The van der Waals surface area contributed by atoms with Crippen molar-refractivity contribution in [3.8, 4) is 5.75 Å². The van der Waals surface area contributed by atoms with Crippen molar-refractivity contribution in [1.82, 2.24) is 10.9 Å². The summed E-state index contributed by atoms with van der Waals surface area (Å²) in [7, 11) is 0. The van der Waals surface area contributed by atoms with Crippen LogP contribution in [0.4, 0.5) is 83.4 Å². The van der Waals surface area contributed by atoms with Crippen molar-refractivity contribution < 1.29 is 103 Å². The quantitative estimate of drug-likeness (QED) is 0.0522. The molecule has 0 atom stereocenters. The van der Waals surface area contributed by atoms with Crippen LogP contribution < -0.4 is 15.6 Å². The minimum absolute atomic E-state index is 0.0795. The molecule has 0 aliphatic rings. The summed E-state index contributed by atoms with van der Waals surface area (Å²) in [5, 5.41) is 12.2. The molecule has 26 heteroatoms. The highest BCUT2D eigenvalue weighted by molar-refractivity contribution is 5.99. The molecule has 2 rings (SSSR count). The van der Waals surface area contributed by atoms with E-state index in [4.69, 9.17) is 9.94 Å². The molecule has 0 radical (unpaired) electrons. The summed E-state index contributed by atoms with van der Waals surface area (Å²) in [6.45, 7) is -1.18. The average molecular weight is 809 g/mol. The number of alkyl halides is 19. The molecule has 7 nitrogen and oxygen atoms in total. The molecule has 3 N–H and O–H groups in total. The van der Waals surface area contributed by atoms with Gasteiger partial charge in [0.05, 0.1) is 12.8 Å². The molecule has 0 aromatic heterocycles. The molecule has 0 fully saturated rings. The normalized spacial score (nSPS) is 14.3. The summed E-state index contributed by atoms with van der Waals surface area (Å²) in [5.74, 6) is -69.0. The van der Waals surface area contributed by atoms with Crippen molar-refractivity contribution in [3.63, 3.8) is 0 Å². The highest BCUT2D eigenvalue weighted by Crippen LogP contribution is 2.65. The molecule has 0 saturated carbocycles. The van der Waals surface area contributed by atoms with Gasteiger partial charge in [-0.3, -0.25) is 14.8 Å². The molecule has 2 amide bonds. The zero-order valence-electron chi connectivity index (χ0n) is 25.1. The average Bonchev–Trinajstić information content (AvgIpc) is 3.05. The summed E-state index contributed by atoms with van der Waals surface area (Å²) in [6.07, 6.45) is -11.2. The van der Waals surface area contributed by atoms with Crippen LogP contribution in [0.15, 0.2) is 53.6 Å². The van der Waals surface area contributed by atoms with Gasteiger partial charge in [-0.15, -0.1) is 0 Å². The fourth-order valence-corrected chi connectivity index (χ4v) is 3.78. The van der Waals surface area contributed by atoms with E-state index in [1.54, 1.807) is 0 Å². The number of ether oxygens (including phenoxy) is 1. The van der Waals surface area contributed by atoms with E-state index in [1.807, 2.05) is 0 Å². The van der Waals surface area contributed by atoms with Crippen LogP contribution in [0.3, 0.4) is 0 Å². The summed E-state index contributed by atoms with van der Waals surface area (Å²) in [4.78, 5) is 23.6. The third kappa shape index (κ3) is 7.90. The van der Waals surface area contributed by atoms with E-state index in [0.29, 0.717) is 0 Å². The van der Waals surface area contributed by atoms with Crippen LogP contribution in [0, 0.1) is 0 Å². The lowest BCUT2D eigenvalue weighted by molar-refractivity contribution is -0.468. The molecule has 0 unspecified atom stereocenters. The minimum Gasteiger partial charge on any atom is -0.494 e. The number of hydroxylamine groups is 1. The number of hydrogen-bond donors (Lipinski definition) is 3.